The van der Waals surface area contributed by atoms with Crippen molar-refractivity contribution in [3.8, 4) is 0 Å². The Labute approximate surface area is 126 Å². The molecule has 1 aromatic carbocycles. The zero-order chi connectivity index (χ0) is 15.9. The van der Waals surface area contributed by atoms with Crippen molar-refractivity contribution in [2.24, 2.45) is 5.92 Å². The highest BCUT2D eigenvalue weighted by atomic mass is 32.7. The molecule has 6 nitrogen and oxygen atoms in total. The van der Waals surface area contributed by atoms with Gasteiger partial charge in [0, 0.05) is 18.7 Å². The molecular weight excluding hydrogens is 315 g/mol. The smallest absolute Gasteiger partial charge is 0.307 e. The van der Waals surface area contributed by atoms with Gasteiger partial charge in [0.2, 0.25) is 0 Å². The molecule has 0 aromatic heterocycles. The van der Waals surface area contributed by atoms with Gasteiger partial charge in [0.05, 0.1) is 17.6 Å². The van der Waals surface area contributed by atoms with Gasteiger partial charge in [-0.1, -0.05) is 30.3 Å². The molecule has 1 aromatic rings. The van der Waals surface area contributed by atoms with Crippen molar-refractivity contribution < 1.29 is 28.9 Å². The molecule has 2 unspecified atom stereocenters. The van der Waals surface area contributed by atoms with Gasteiger partial charge in [-0.05, 0) is 12.0 Å². The second kappa shape index (κ2) is 8.22. The summed E-state index contributed by atoms with van der Waals surface area (Å²) in [6.07, 6.45) is -3.76. The predicted molar refractivity (Wildman–Crippen MR) is 80.8 cm³/mol. The Morgan fingerprint density at radius 2 is 1.81 bits per heavy atom. The van der Waals surface area contributed by atoms with E-state index in [9.17, 15) is 18.7 Å². The van der Waals surface area contributed by atoms with Gasteiger partial charge in [0.15, 0.2) is 6.34 Å². The van der Waals surface area contributed by atoms with E-state index in [0.717, 1.165) is 5.56 Å². The van der Waals surface area contributed by atoms with E-state index >= 15 is 0 Å². The fourth-order valence-corrected chi connectivity index (χ4v) is 5.31. The average Bonchev–Trinajstić information content (AvgIpc) is 2.44. The Kier molecular flexibility index (Phi) is 6.95. The van der Waals surface area contributed by atoms with Crippen molar-refractivity contribution in [2.45, 2.75) is 19.0 Å². The van der Waals surface area contributed by atoms with Crippen LogP contribution in [-0.4, -0.2) is 32.9 Å². The van der Waals surface area contributed by atoms with E-state index in [-0.39, 0.29) is 36.8 Å². The molecule has 2 atom stereocenters. The van der Waals surface area contributed by atoms with Crippen LogP contribution in [0.5, 0.6) is 0 Å². The van der Waals surface area contributed by atoms with Crippen LogP contribution >= 0.6 is 18.0 Å². The van der Waals surface area contributed by atoms with Gasteiger partial charge in [-0.15, -0.1) is 0 Å². The molecule has 0 bridgehead atoms. The van der Waals surface area contributed by atoms with Crippen LogP contribution in [0.25, 0.3) is 0 Å². The minimum absolute atomic E-state index is 0.0753. The molecule has 3 N–H and O–H groups in total. The molecule has 0 radical (unpaired) electrons. The van der Waals surface area contributed by atoms with E-state index in [0.29, 0.717) is 0 Å². The first kappa shape index (κ1) is 17.8. The largest absolute Gasteiger partial charge is 0.481 e. The number of rotatable bonds is 9. The molecule has 0 saturated heterocycles. The zero-order valence-corrected chi connectivity index (χ0v) is 12.9. The minimum atomic E-state index is -3.19. The molecular formula is C13H17O6PS. The van der Waals surface area contributed by atoms with Crippen LogP contribution in [0.2, 0.25) is 0 Å². The third-order valence-electron chi connectivity index (χ3n) is 2.97. The maximum Gasteiger partial charge on any atom is 0.307 e. The zero-order valence-electron chi connectivity index (χ0n) is 11.2. The molecule has 1 rings (SSSR count). The third-order valence-corrected chi connectivity index (χ3v) is 6.84. The monoisotopic (exact) mass is 332 g/mol. The summed E-state index contributed by atoms with van der Waals surface area (Å²) in [6.45, 7) is 0. The van der Waals surface area contributed by atoms with Crippen molar-refractivity contribution in [1.29, 1.82) is 0 Å². The summed E-state index contributed by atoms with van der Waals surface area (Å²) in [7, 11) is 0. The lowest BCUT2D eigenvalue weighted by Crippen LogP contribution is -2.19. The first-order chi connectivity index (χ1) is 9.86. The van der Waals surface area contributed by atoms with E-state index in [1.165, 1.54) is 0 Å². The van der Waals surface area contributed by atoms with Crippen molar-refractivity contribution in [3.05, 3.63) is 35.9 Å². The maximum atomic E-state index is 12.6. The molecule has 21 heavy (non-hydrogen) atoms. The fraction of sp³-hybridized carbons (Fsp3) is 0.385. The van der Waals surface area contributed by atoms with Gasteiger partial charge >= 0.3 is 11.9 Å². The molecule has 8 heteroatoms. The van der Waals surface area contributed by atoms with Crippen molar-refractivity contribution in [2.75, 3.05) is 6.16 Å². The normalized spacial score (nSPS) is 15.1. The van der Waals surface area contributed by atoms with Crippen molar-refractivity contribution >= 4 is 29.9 Å². The summed E-state index contributed by atoms with van der Waals surface area (Å²) in [5, 5.41) is 17.7. The summed E-state index contributed by atoms with van der Waals surface area (Å²) >= 11 is 0.192. The van der Waals surface area contributed by atoms with Crippen LogP contribution in [0, 0.1) is 5.92 Å². The summed E-state index contributed by atoms with van der Waals surface area (Å²) in [6, 6.07) is 8.82. The quantitative estimate of drug-likeness (QED) is 0.470. The third kappa shape index (κ3) is 6.33. The number of hydrogen-bond acceptors (Lipinski definition) is 5. The van der Waals surface area contributed by atoms with Gasteiger partial charge in [-0.25, -0.2) is 0 Å². The summed E-state index contributed by atoms with van der Waals surface area (Å²) in [5.41, 5.74) is 0.741. The molecule has 0 amide bonds. The minimum Gasteiger partial charge on any atom is -0.481 e. The molecule has 0 aliphatic heterocycles. The van der Waals surface area contributed by atoms with Crippen LogP contribution in [-0.2, 0) is 20.3 Å². The van der Waals surface area contributed by atoms with Gasteiger partial charge in [-0.3, -0.25) is 9.59 Å². The topological polar surface area (TPSA) is 112 Å². The van der Waals surface area contributed by atoms with E-state index in [2.05, 4.69) is 0 Å². The number of hydrogen-bond donors (Lipinski definition) is 3. The van der Waals surface area contributed by atoms with E-state index in [1.807, 2.05) is 0 Å². The Bertz CT molecular complexity index is 533. The maximum absolute atomic E-state index is 12.6. The molecule has 0 heterocycles. The Morgan fingerprint density at radius 1 is 1.19 bits per heavy atom. The van der Waals surface area contributed by atoms with E-state index < -0.39 is 24.2 Å². The molecule has 0 aliphatic carbocycles. The number of aliphatic carboxylic acids is 2. The molecule has 0 fully saturated rings. The van der Waals surface area contributed by atoms with E-state index in [4.69, 9.17) is 10.2 Å². The SMILES string of the molecule is O=C(O)CCC(CP(=O)(Cc1ccccc1)SO)C(=O)O. The summed E-state index contributed by atoms with van der Waals surface area (Å²) in [5.74, 6) is -3.34. The first-order valence-electron chi connectivity index (χ1n) is 6.26. The van der Waals surface area contributed by atoms with Gasteiger partial charge < -0.3 is 19.3 Å². The lowest BCUT2D eigenvalue weighted by Gasteiger charge is -2.18. The highest BCUT2D eigenvalue weighted by Crippen LogP contribution is 2.60. The number of carbonyl (C=O) groups is 2. The lowest BCUT2D eigenvalue weighted by atomic mass is 10.1. The number of carboxylic acid groups (broad SMARTS) is 2. The highest BCUT2D eigenvalue weighted by molar-refractivity contribution is 8.55. The fourth-order valence-electron chi connectivity index (χ4n) is 1.91. The predicted octanol–water partition coefficient (Wildman–Crippen LogP) is 3.24. The van der Waals surface area contributed by atoms with E-state index in [1.54, 1.807) is 30.3 Å². The van der Waals surface area contributed by atoms with Gasteiger partial charge in [0.1, 0.15) is 0 Å². The standard InChI is InChI=1S/C13H17O6PS/c14-12(15)7-6-11(13(16)17)9-20(18,21-19)8-10-4-2-1-3-5-10/h1-5,11,19H,6-9H2,(H,14,15)(H,16,17). The summed E-state index contributed by atoms with van der Waals surface area (Å²) in [4.78, 5) is 21.7. The number of benzene rings is 1. The van der Waals surface area contributed by atoms with Crippen LogP contribution in [0.1, 0.15) is 18.4 Å². The van der Waals surface area contributed by atoms with Crippen molar-refractivity contribution in [1.82, 2.24) is 0 Å². The van der Waals surface area contributed by atoms with Crippen LogP contribution in [0.4, 0.5) is 0 Å². The van der Waals surface area contributed by atoms with Crippen LogP contribution < -0.4 is 0 Å². The lowest BCUT2D eigenvalue weighted by molar-refractivity contribution is -0.142. The Morgan fingerprint density at radius 3 is 2.29 bits per heavy atom. The Hall–Kier alpha value is -1.30. The van der Waals surface area contributed by atoms with Crippen molar-refractivity contribution in [3.63, 3.8) is 0 Å². The molecule has 0 saturated carbocycles. The van der Waals surface area contributed by atoms with Gasteiger partial charge in [-0.2, -0.15) is 0 Å². The second-order valence-corrected chi connectivity index (χ2v) is 9.65. The summed E-state index contributed by atoms with van der Waals surface area (Å²) < 4.78 is 21.9. The first-order valence-corrected chi connectivity index (χ1v) is 9.71. The number of carboxylic acids is 2. The second-order valence-electron chi connectivity index (χ2n) is 4.69. The molecule has 0 aliphatic rings. The highest BCUT2D eigenvalue weighted by Gasteiger charge is 2.31. The van der Waals surface area contributed by atoms with Gasteiger partial charge in [0.25, 0.3) is 0 Å². The van der Waals surface area contributed by atoms with Crippen LogP contribution in [0.15, 0.2) is 30.3 Å². The molecule has 0 spiro atoms. The Balaban J connectivity index is 2.79. The van der Waals surface area contributed by atoms with Crippen LogP contribution in [0.3, 0.4) is 0 Å². The average molecular weight is 332 g/mol. The molecule has 116 valence electrons.